The fourth-order valence-corrected chi connectivity index (χ4v) is 1.66. The van der Waals surface area contributed by atoms with Crippen LogP contribution in [0.15, 0.2) is 0 Å². The van der Waals surface area contributed by atoms with Crippen molar-refractivity contribution in [1.82, 2.24) is 4.90 Å². The second-order valence-corrected chi connectivity index (χ2v) is 3.55. The summed E-state index contributed by atoms with van der Waals surface area (Å²) in [5.41, 5.74) is 0. The minimum atomic E-state index is -2.40. The maximum absolute atomic E-state index is 12.9. The molecule has 0 radical (unpaired) electrons. The number of halogens is 2. The lowest BCUT2D eigenvalue weighted by atomic mass is 10.1. The molecule has 1 nitrogen and oxygen atoms in total. The summed E-state index contributed by atoms with van der Waals surface area (Å²) in [7, 11) is 0. The van der Waals surface area contributed by atoms with Crippen LogP contribution in [-0.4, -0.2) is 30.5 Å². The average Bonchev–Trinajstić information content (AvgIpc) is 2.14. The highest BCUT2D eigenvalue weighted by molar-refractivity contribution is 4.74. The Morgan fingerprint density at radius 2 is 2.00 bits per heavy atom. The standard InChI is InChI=1S/C9H17F2N/c1-2-6-12-7-3-4-9(10,11)5-8-12/h2-8H2,1H3. The zero-order valence-corrected chi connectivity index (χ0v) is 7.65. The lowest BCUT2D eigenvalue weighted by Crippen LogP contribution is -2.26. The molecule has 3 heteroatoms. The van der Waals surface area contributed by atoms with E-state index in [4.69, 9.17) is 0 Å². The number of nitrogens with zero attached hydrogens (tertiary/aromatic N) is 1. The van der Waals surface area contributed by atoms with Crippen molar-refractivity contribution in [2.45, 2.75) is 38.5 Å². The van der Waals surface area contributed by atoms with Crippen molar-refractivity contribution in [1.29, 1.82) is 0 Å². The zero-order chi connectivity index (χ0) is 9.03. The normalized spacial score (nSPS) is 25.2. The van der Waals surface area contributed by atoms with Gasteiger partial charge in [0.2, 0.25) is 5.92 Å². The summed E-state index contributed by atoms with van der Waals surface area (Å²) in [4.78, 5) is 2.14. The minimum absolute atomic E-state index is 0.0486. The largest absolute Gasteiger partial charge is 0.303 e. The van der Waals surface area contributed by atoms with Crippen molar-refractivity contribution in [2.24, 2.45) is 0 Å². The van der Waals surface area contributed by atoms with Gasteiger partial charge >= 0.3 is 0 Å². The molecule has 1 fully saturated rings. The van der Waals surface area contributed by atoms with Crippen LogP contribution in [0.3, 0.4) is 0 Å². The van der Waals surface area contributed by atoms with Crippen LogP contribution in [0.25, 0.3) is 0 Å². The van der Waals surface area contributed by atoms with E-state index in [1.807, 2.05) is 0 Å². The Balaban J connectivity index is 2.34. The minimum Gasteiger partial charge on any atom is -0.303 e. The zero-order valence-electron chi connectivity index (χ0n) is 7.65. The van der Waals surface area contributed by atoms with Crippen molar-refractivity contribution in [3.63, 3.8) is 0 Å². The van der Waals surface area contributed by atoms with E-state index in [2.05, 4.69) is 11.8 Å². The molecule has 0 aliphatic carbocycles. The van der Waals surface area contributed by atoms with Crippen LogP contribution in [0.4, 0.5) is 8.78 Å². The molecule has 0 aromatic carbocycles. The van der Waals surface area contributed by atoms with Gasteiger partial charge in [-0.05, 0) is 25.9 Å². The maximum atomic E-state index is 12.9. The van der Waals surface area contributed by atoms with Gasteiger partial charge in [-0.1, -0.05) is 6.92 Å². The fourth-order valence-electron chi connectivity index (χ4n) is 1.66. The molecule has 0 saturated carbocycles. The van der Waals surface area contributed by atoms with Crippen LogP contribution in [0, 0.1) is 0 Å². The van der Waals surface area contributed by atoms with Gasteiger partial charge in [-0.3, -0.25) is 0 Å². The monoisotopic (exact) mass is 177 g/mol. The molecule has 12 heavy (non-hydrogen) atoms. The van der Waals surface area contributed by atoms with Gasteiger partial charge in [0.05, 0.1) is 0 Å². The van der Waals surface area contributed by atoms with E-state index in [1.54, 1.807) is 0 Å². The van der Waals surface area contributed by atoms with Crippen LogP contribution in [-0.2, 0) is 0 Å². The molecule has 0 unspecified atom stereocenters. The van der Waals surface area contributed by atoms with Crippen LogP contribution in [0.5, 0.6) is 0 Å². The second-order valence-electron chi connectivity index (χ2n) is 3.55. The third kappa shape index (κ3) is 3.05. The Kier molecular flexibility index (Phi) is 3.44. The van der Waals surface area contributed by atoms with Gasteiger partial charge in [0.1, 0.15) is 0 Å². The van der Waals surface area contributed by atoms with Crippen molar-refractivity contribution >= 4 is 0 Å². The Hall–Kier alpha value is -0.180. The summed E-state index contributed by atoms with van der Waals surface area (Å²) in [6.07, 6.45) is 1.83. The highest BCUT2D eigenvalue weighted by Gasteiger charge is 2.31. The van der Waals surface area contributed by atoms with Gasteiger partial charge in [0.15, 0.2) is 0 Å². The molecule has 1 heterocycles. The Labute approximate surface area is 72.7 Å². The third-order valence-corrected chi connectivity index (χ3v) is 2.35. The second kappa shape index (κ2) is 4.17. The van der Waals surface area contributed by atoms with E-state index in [0.29, 0.717) is 13.0 Å². The number of alkyl halides is 2. The van der Waals surface area contributed by atoms with Crippen LogP contribution in [0.1, 0.15) is 32.6 Å². The predicted octanol–water partition coefficient (Wildman–Crippen LogP) is 2.52. The topological polar surface area (TPSA) is 3.24 Å². The maximum Gasteiger partial charge on any atom is 0.249 e. The molecule has 1 rings (SSSR count). The van der Waals surface area contributed by atoms with Gasteiger partial charge in [-0.2, -0.15) is 0 Å². The molecule has 0 atom stereocenters. The first-order chi connectivity index (χ1) is 5.64. The molecule has 1 aliphatic heterocycles. The van der Waals surface area contributed by atoms with E-state index in [-0.39, 0.29) is 12.8 Å². The molecule has 0 N–H and O–H groups in total. The number of likely N-dealkylation sites (tertiary alicyclic amines) is 1. The molecule has 1 saturated heterocycles. The van der Waals surface area contributed by atoms with E-state index in [9.17, 15) is 8.78 Å². The molecule has 0 bridgehead atoms. The lowest BCUT2D eigenvalue weighted by molar-refractivity contribution is -0.0130. The van der Waals surface area contributed by atoms with E-state index >= 15 is 0 Å². The summed E-state index contributed by atoms with van der Waals surface area (Å²) < 4.78 is 25.7. The lowest BCUT2D eigenvalue weighted by Gasteiger charge is -2.18. The summed E-state index contributed by atoms with van der Waals surface area (Å²) in [6.45, 7) is 4.48. The Morgan fingerprint density at radius 1 is 1.25 bits per heavy atom. The first-order valence-electron chi connectivity index (χ1n) is 4.74. The van der Waals surface area contributed by atoms with Gasteiger partial charge in [0.25, 0.3) is 0 Å². The molecular weight excluding hydrogens is 160 g/mol. The Bertz CT molecular complexity index is 136. The molecule has 0 spiro atoms. The summed E-state index contributed by atoms with van der Waals surface area (Å²) in [5, 5.41) is 0. The van der Waals surface area contributed by atoms with E-state index < -0.39 is 5.92 Å². The fraction of sp³-hybridized carbons (Fsp3) is 1.00. The molecule has 0 aromatic heterocycles. The Morgan fingerprint density at radius 3 is 2.67 bits per heavy atom. The first kappa shape index (κ1) is 9.90. The highest BCUT2D eigenvalue weighted by Crippen LogP contribution is 2.27. The smallest absolute Gasteiger partial charge is 0.249 e. The molecular formula is C9H17F2N. The van der Waals surface area contributed by atoms with E-state index in [1.165, 1.54) is 0 Å². The van der Waals surface area contributed by atoms with Crippen molar-refractivity contribution < 1.29 is 8.78 Å². The SMILES string of the molecule is CCCN1CCCC(F)(F)CC1. The summed E-state index contributed by atoms with van der Waals surface area (Å²) in [5.74, 6) is -2.40. The van der Waals surface area contributed by atoms with Crippen LogP contribution < -0.4 is 0 Å². The predicted molar refractivity (Wildman–Crippen MR) is 45.5 cm³/mol. The molecule has 72 valence electrons. The van der Waals surface area contributed by atoms with Gasteiger partial charge in [0, 0.05) is 19.4 Å². The first-order valence-corrected chi connectivity index (χ1v) is 4.74. The third-order valence-electron chi connectivity index (χ3n) is 2.35. The summed E-state index contributed by atoms with van der Waals surface area (Å²) in [6, 6.07) is 0. The van der Waals surface area contributed by atoms with Gasteiger partial charge in [-0.15, -0.1) is 0 Å². The molecule has 0 amide bonds. The summed E-state index contributed by atoms with van der Waals surface area (Å²) >= 11 is 0. The van der Waals surface area contributed by atoms with Crippen molar-refractivity contribution in [3.8, 4) is 0 Å². The van der Waals surface area contributed by atoms with Crippen molar-refractivity contribution in [3.05, 3.63) is 0 Å². The van der Waals surface area contributed by atoms with E-state index in [0.717, 1.165) is 19.5 Å². The van der Waals surface area contributed by atoms with Crippen LogP contribution >= 0.6 is 0 Å². The average molecular weight is 177 g/mol. The van der Waals surface area contributed by atoms with Crippen molar-refractivity contribution in [2.75, 3.05) is 19.6 Å². The molecule has 1 aliphatic rings. The number of hydrogen-bond acceptors (Lipinski definition) is 1. The quantitative estimate of drug-likeness (QED) is 0.626. The van der Waals surface area contributed by atoms with Crippen LogP contribution in [0.2, 0.25) is 0 Å². The van der Waals surface area contributed by atoms with Gasteiger partial charge in [-0.25, -0.2) is 8.78 Å². The van der Waals surface area contributed by atoms with Gasteiger partial charge < -0.3 is 4.90 Å². The number of rotatable bonds is 2. The molecule has 0 aromatic rings. The number of hydrogen-bond donors (Lipinski definition) is 0. The highest BCUT2D eigenvalue weighted by atomic mass is 19.3.